The minimum atomic E-state index is -0.748. The Hall–Kier alpha value is -1.94. The number of rotatable bonds is 3. The van der Waals surface area contributed by atoms with E-state index in [1.807, 2.05) is 31.2 Å². The molecule has 0 radical (unpaired) electrons. The van der Waals surface area contributed by atoms with E-state index in [-0.39, 0.29) is 0 Å². The molecule has 1 aliphatic heterocycles. The monoisotopic (exact) mass is 284 g/mol. The van der Waals surface area contributed by atoms with Crippen LogP contribution in [-0.2, 0) is 11.3 Å². The molecule has 4 nitrogen and oxygen atoms in total. The highest BCUT2D eigenvalue weighted by Gasteiger charge is 2.41. The first-order valence-corrected chi connectivity index (χ1v) is 7.42. The molecule has 1 unspecified atom stereocenters. The van der Waals surface area contributed by atoms with Crippen LogP contribution in [-0.4, -0.2) is 33.0 Å². The Labute approximate surface area is 124 Å². The first kappa shape index (κ1) is 14.0. The van der Waals surface area contributed by atoms with Gasteiger partial charge in [0.1, 0.15) is 5.54 Å². The number of pyridine rings is 1. The van der Waals surface area contributed by atoms with Gasteiger partial charge >= 0.3 is 5.97 Å². The number of carbonyl (C=O) groups is 1. The average molecular weight is 284 g/mol. The fourth-order valence-electron chi connectivity index (χ4n) is 3.12. The number of nitrogens with zero attached hydrogens (tertiary/aromatic N) is 2. The van der Waals surface area contributed by atoms with E-state index in [1.165, 1.54) is 0 Å². The summed E-state index contributed by atoms with van der Waals surface area (Å²) < 4.78 is 0. The van der Waals surface area contributed by atoms with Gasteiger partial charge in [0.05, 0.1) is 5.52 Å². The van der Waals surface area contributed by atoms with Gasteiger partial charge in [-0.1, -0.05) is 12.1 Å². The molecule has 0 spiro atoms. The molecule has 1 saturated heterocycles. The molecule has 1 fully saturated rings. The molecule has 0 amide bonds. The zero-order chi connectivity index (χ0) is 14.9. The van der Waals surface area contributed by atoms with Crippen molar-refractivity contribution in [1.29, 1.82) is 0 Å². The maximum Gasteiger partial charge on any atom is 0.323 e. The molecule has 1 atom stereocenters. The van der Waals surface area contributed by atoms with Crippen molar-refractivity contribution >= 4 is 16.9 Å². The predicted octanol–water partition coefficient (Wildman–Crippen LogP) is 3.06. The lowest BCUT2D eigenvalue weighted by atomic mass is 9.88. The highest BCUT2D eigenvalue weighted by atomic mass is 16.4. The first-order valence-electron chi connectivity index (χ1n) is 7.42. The molecule has 1 aromatic carbocycles. The summed E-state index contributed by atoms with van der Waals surface area (Å²) in [5, 5.41) is 10.7. The molecule has 2 aromatic rings. The van der Waals surface area contributed by atoms with Crippen LogP contribution < -0.4 is 0 Å². The predicted molar refractivity (Wildman–Crippen MR) is 82.0 cm³/mol. The third-order valence-corrected chi connectivity index (χ3v) is 4.54. The van der Waals surface area contributed by atoms with Crippen molar-refractivity contribution in [2.75, 3.05) is 6.54 Å². The summed E-state index contributed by atoms with van der Waals surface area (Å²) in [6.45, 7) is 3.36. The fraction of sp³-hybridized carbons (Fsp3) is 0.412. The number of carboxylic acid groups (broad SMARTS) is 1. The van der Waals surface area contributed by atoms with Crippen LogP contribution in [0.4, 0.5) is 0 Å². The van der Waals surface area contributed by atoms with Crippen molar-refractivity contribution in [3.05, 3.63) is 42.1 Å². The largest absolute Gasteiger partial charge is 0.480 e. The standard InChI is InChI=1S/C17H20N2O2/c1-17(16(20)21)8-2-3-10-19(17)12-13-6-7-15-14(11-13)5-4-9-18-15/h4-7,9,11H,2-3,8,10,12H2,1H3,(H,20,21). The second-order valence-electron chi connectivity index (χ2n) is 5.99. The summed E-state index contributed by atoms with van der Waals surface area (Å²) in [6.07, 6.45) is 4.56. The van der Waals surface area contributed by atoms with Crippen molar-refractivity contribution in [1.82, 2.24) is 9.88 Å². The van der Waals surface area contributed by atoms with Crippen molar-refractivity contribution in [3.8, 4) is 0 Å². The van der Waals surface area contributed by atoms with Crippen molar-refractivity contribution in [2.45, 2.75) is 38.3 Å². The highest BCUT2D eigenvalue weighted by molar-refractivity contribution is 5.79. The number of hydrogen-bond donors (Lipinski definition) is 1. The van der Waals surface area contributed by atoms with E-state index in [2.05, 4.69) is 16.0 Å². The molecule has 0 aliphatic carbocycles. The molecule has 2 heterocycles. The fourth-order valence-corrected chi connectivity index (χ4v) is 3.12. The number of hydrogen-bond acceptors (Lipinski definition) is 3. The number of aliphatic carboxylic acids is 1. The number of likely N-dealkylation sites (tertiary alicyclic amines) is 1. The smallest absolute Gasteiger partial charge is 0.323 e. The van der Waals surface area contributed by atoms with Crippen LogP contribution in [0.3, 0.4) is 0 Å². The molecular weight excluding hydrogens is 264 g/mol. The van der Waals surface area contributed by atoms with E-state index >= 15 is 0 Å². The number of aromatic nitrogens is 1. The second-order valence-corrected chi connectivity index (χ2v) is 5.99. The molecule has 21 heavy (non-hydrogen) atoms. The maximum absolute atomic E-state index is 11.6. The number of piperidine rings is 1. The first-order chi connectivity index (χ1) is 10.1. The van der Waals surface area contributed by atoms with E-state index < -0.39 is 11.5 Å². The van der Waals surface area contributed by atoms with E-state index in [0.29, 0.717) is 6.54 Å². The van der Waals surface area contributed by atoms with Gasteiger partial charge in [-0.3, -0.25) is 14.7 Å². The summed E-state index contributed by atoms with van der Waals surface area (Å²) >= 11 is 0. The van der Waals surface area contributed by atoms with E-state index in [9.17, 15) is 9.90 Å². The average Bonchev–Trinajstić information content (AvgIpc) is 2.49. The highest BCUT2D eigenvalue weighted by Crippen LogP contribution is 2.30. The molecule has 0 bridgehead atoms. The van der Waals surface area contributed by atoms with Crippen LogP contribution in [0.5, 0.6) is 0 Å². The maximum atomic E-state index is 11.6. The van der Waals surface area contributed by atoms with Gasteiger partial charge in [0.15, 0.2) is 0 Å². The Bertz CT molecular complexity index is 671. The zero-order valence-electron chi connectivity index (χ0n) is 12.2. The lowest BCUT2D eigenvalue weighted by Crippen LogP contribution is -2.54. The van der Waals surface area contributed by atoms with Crippen LogP contribution in [0.15, 0.2) is 36.5 Å². The summed E-state index contributed by atoms with van der Waals surface area (Å²) in [7, 11) is 0. The Kier molecular flexibility index (Phi) is 3.64. The Balaban J connectivity index is 1.87. The number of fused-ring (bicyclic) bond motifs is 1. The Morgan fingerprint density at radius 3 is 3.05 bits per heavy atom. The zero-order valence-corrected chi connectivity index (χ0v) is 12.2. The lowest BCUT2D eigenvalue weighted by molar-refractivity contribution is -0.153. The van der Waals surface area contributed by atoms with Crippen molar-refractivity contribution in [3.63, 3.8) is 0 Å². The molecule has 1 aromatic heterocycles. The third kappa shape index (κ3) is 2.63. The molecule has 0 saturated carbocycles. The SMILES string of the molecule is CC1(C(=O)O)CCCCN1Cc1ccc2ncccc2c1. The Morgan fingerprint density at radius 1 is 1.38 bits per heavy atom. The molecule has 4 heteroatoms. The molecular formula is C17H20N2O2. The van der Waals surface area contributed by atoms with Crippen LogP contribution in [0.2, 0.25) is 0 Å². The summed E-state index contributed by atoms with van der Waals surface area (Å²) in [5.41, 5.74) is 1.37. The topological polar surface area (TPSA) is 53.4 Å². The minimum Gasteiger partial charge on any atom is -0.480 e. The van der Waals surface area contributed by atoms with Crippen LogP contribution >= 0.6 is 0 Å². The van der Waals surface area contributed by atoms with Gasteiger partial charge in [-0.25, -0.2) is 0 Å². The summed E-state index contributed by atoms with van der Waals surface area (Å²) in [6, 6.07) is 10.1. The Morgan fingerprint density at radius 2 is 2.24 bits per heavy atom. The number of benzene rings is 1. The van der Waals surface area contributed by atoms with Crippen LogP contribution in [0.25, 0.3) is 10.9 Å². The molecule has 110 valence electrons. The molecule has 3 rings (SSSR count). The van der Waals surface area contributed by atoms with E-state index in [0.717, 1.165) is 42.3 Å². The van der Waals surface area contributed by atoms with Crippen LogP contribution in [0, 0.1) is 0 Å². The number of carboxylic acids is 1. The van der Waals surface area contributed by atoms with Crippen molar-refractivity contribution in [2.24, 2.45) is 0 Å². The van der Waals surface area contributed by atoms with Gasteiger partial charge in [-0.15, -0.1) is 0 Å². The van der Waals surface area contributed by atoms with E-state index in [1.54, 1.807) is 6.20 Å². The molecule has 1 N–H and O–H groups in total. The quantitative estimate of drug-likeness (QED) is 0.941. The van der Waals surface area contributed by atoms with Crippen LogP contribution in [0.1, 0.15) is 31.7 Å². The van der Waals surface area contributed by atoms with E-state index in [4.69, 9.17) is 0 Å². The normalized spacial score (nSPS) is 23.3. The third-order valence-electron chi connectivity index (χ3n) is 4.54. The molecule has 1 aliphatic rings. The lowest BCUT2D eigenvalue weighted by Gasteiger charge is -2.41. The van der Waals surface area contributed by atoms with Gasteiger partial charge in [0, 0.05) is 18.1 Å². The van der Waals surface area contributed by atoms with Crippen molar-refractivity contribution < 1.29 is 9.90 Å². The van der Waals surface area contributed by atoms with Gasteiger partial charge < -0.3 is 5.11 Å². The summed E-state index contributed by atoms with van der Waals surface area (Å²) in [4.78, 5) is 18.0. The minimum absolute atomic E-state index is 0.674. The van der Waals surface area contributed by atoms with Gasteiger partial charge in [-0.2, -0.15) is 0 Å². The van der Waals surface area contributed by atoms with Gasteiger partial charge in [-0.05, 0) is 56.5 Å². The van der Waals surface area contributed by atoms with Gasteiger partial charge in [0.2, 0.25) is 0 Å². The second kappa shape index (κ2) is 5.45. The summed E-state index contributed by atoms with van der Waals surface area (Å²) in [5.74, 6) is -0.718. The van der Waals surface area contributed by atoms with Gasteiger partial charge in [0.25, 0.3) is 0 Å².